The molecule has 2 heterocycles. The van der Waals surface area contributed by atoms with Crippen molar-refractivity contribution in [2.24, 2.45) is 0 Å². The predicted octanol–water partition coefficient (Wildman–Crippen LogP) is 0.889. The smallest absolute Gasteiger partial charge is 0.330 e. The maximum Gasteiger partial charge on any atom is 0.330 e. The molecule has 4 aromatic rings. The zero-order valence-electron chi connectivity index (χ0n) is 20.0. The molecule has 11 heteroatoms. The molecule has 0 aliphatic carbocycles. The molecule has 2 aromatic heterocycles. The molecule has 0 bridgehead atoms. The average molecular weight is 490 g/mol. The summed E-state index contributed by atoms with van der Waals surface area (Å²) in [6.07, 6.45) is 0. The number of carbonyl (C=O) groups is 1. The first-order valence-electron chi connectivity index (χ1n) is 11.4. The van der Waals surface area contributed by atoms with E-state index in [1.807, 2.05) is 30.3 Å². The van der Waals surface area contributed by atoms with Crippen molar-refractivity contribution in [2.75, 3.05) is 30.8 Å². The number of rotatable bonds is 8. The number of nitrogen functional groups attached to an aromatic ring is 1. The predicted molar refractivity (Wildman–Crippen MR) is 138 cm³/mol. The number of aromatic nitrogens is 4. The number of benzene rings is 2. The number of amides is 1. The third-order valence-electron chi connectivity index (χ3n) is 5.77. The fourth-order valence-corrected chi connectivity index (χ4v) is 4.06. The number of hydrogen-bond donors (Lipinski definition) is 3. The summed E-state index contributed by atoms with van der Waals surface area (Å²) in [6, 6.07) is 16.2. The van der Waals surface area contributed by atoms with Crippen LogP contribution >= 0.6 is 0 Å². The Morgan fingerprint density at radius 3 is 2.42 bits per heavy atom. The van der Waals surface area contributed by atoms with Crippen LogP contribution in [0.3, 0.4) is 0 Å². The zero-order chi connectivity index (χ0) is 25.8. The van der Waals surface area contributed by atoms with Crippen LogP contribution in [0.2, 0.25) is 0 Å². The van der Waals surface area contributed by atoms with Gasteiger partial charge in [0, 0.05) is 6.54 Å². The number of anilines is 2. The summed E-state index contributed by atoms with van der Waals surface area (Å²) in [5.41, 5.74) is 5.90. The van der Waals surface area contributed by atoms with E-state index in [4.69, 9.17) is 5.73 Å². The van der Waals surface area contributed by atoms with Crippen LogP contribution < -0.4 is 27.4 Å². The number of aromatic amines is 2. The maximum atomic E-state index is 13.2. The van der Waals surface area contributed by atoms with Crippen molar-refractivity contribution < 1.29 is 4.79 Å². The van der Waals surface area contributed by atoms with Crippen LogP contribution in [0.25, 0.3) is 10.9 Å². The zero-order valence-corrected chi connectivity index (χ0v) is 20.0. The maximum absolute atomic E-state index is 13.2. The van der Waals surface area contributed by atoms with E-state index in [2.05, 4.69) is 15.0 Å². The number of fused-ring (bicyclic) bond motifs is 1. The Labute approximate surface area is 205 Å². The lowest BCUT2D eigenvalue weighted by Crippen LogP contribution is -2.44. The second-order valence-electron chi connectivity index (χ2n) is 8.40. The number of nitrogens with zero attached hydrogens (tertiary/aromatic N) is 4. The summed E-state index contributed by atoms with van der Waals surface area (Å²) in [4.78, 5) is 63.1. The summed E-state index contributed by atoms with van der Waals surface area (Å²) in [6.45, 7) is 2.13. The molecule has 0 aliphatic heterocycles. The third kappa shape index (κ3) is 5.10. The van der Waals surface area contributed by atoms with Crippen molar-refractivity contribution in [3.05, 3.63) is 97.2 Å². The van der Waals surface area contributed by atoms with Gasteiger partial charge in [0.1, 0.15) is 11.6 Å². The molecule has 0 unspecified atom stereocenters. The van der Waals surface area contributed by atoms with E-state index < -0.39 is 17.2 Å². The van der Waals surface area contributed by atoms with E-state index >= 15 is 0 Å². The molecule has 1 amide bonds. The number of hydrogen-bond acceptors (Lipinski definition) is 7. The van der Waals surface area contributed by atoms with Crippen LogP contribution in [0.1, 0.15) is 18.3 Å². The van der Waals surface area contributed by atoms with Crippen LogP contribution in [0.5, 0.6) is 0 Å². The van der Waals surface area contributed by atoms with Crippen LogP contribution in [-0.4, -0.2) is 50.5 Å². The van der Waals surface area contributed by atoms with E-state index in [-0.39, 0.29) is 43.2 Å². The Bertz CT molecular complexity index is 1570. The summed E-state index contributed by atoms with van der Waals surface area (Å²) >= 11 is 0. The molecule has 11 nitrogen and oxygen atoms in total. The van der Waals surface area contributed by atoms with Gasteiger partial charge in [-0.1, -0.05) is 42.5 Å². The standard InChI is InChI=1S/C25H27N7O4/c1-3-31(21-22(26)32(25(36)29-24(21)35)13-16-9-5-4-6-10-16)20(33)15-30(2)14-19-27-18-12-8-7-11-17(18)23(34)28-19/h4-12H,3,13-15,26H2,1-2H3,(H,27,28,34)(H,29,35,36). The minimum absolute atomic E-state index is 0.0799. The van der Waals surface area contributed by atoms with E-state index in [0.717, 1.165) is 5.56 Å². The summed E-state index contributed by atoms with van der Waals surface area (Å²) in [5.74, 6) is -0.0814. The van der Waals surface area contributed by atoms with Crippen LogP contribution in [0.15, 0.2) is 69.0 Å². The summed E-state index contributed by atoms with van der Waals surface area (Å²) in [7, 11) is 1.70. The summed E-state index contributed by atoms with van der Waals surface area (Å²) < 4.78 is 1.23. The number of H-pyrrole nitrogens is 2. The van der Waals surface area contributed by atoms with Gasteiger partial charge in [-0.2, -0.15) is 0 Å². The van der Waals surface area contributed by atoms with Crippen LogP contribution in [-0.2, 0) is 17.9 Å². The first kappa shape index (κ1) is 24.6. The highest BCUT2D eigenvalue weighted by molar-refractivity contribution is 5.96. The highest BCUT2D eigenvalue weighted by atomic mass is 16.2. The second-order valence-corrected chi connectivity index (χ2v) is 8.40. The van der Waals surface area contributed by atoms with E-state index in [1.54, 1.807) is 43.1 Å². The number of carbonyl (C=O) groups excluding carboxylic acids is 1. The Kier molecular flexibility index (Phi) is 7.11. The highest BCUT2D eigenvalue weighted by Crippen LogP contribution is 2.18. The molecule has 36 heavy (non-hydrogen) atoms. The molecule has 0 aliphatic rings. The lowest BCUT2D eigenvalue weighted by Gasteiger charge is -2.25. The van der Waals surface area contributed by atoms with Gasteiger partial charge < -0.3 is 15.6 Å². The average Bonchev–Trinajstić information content (AvgIpc) is 2.84. The lowest BCUT2D eigenvalue weighted by atomic mass is 10.2. The Morgan fingerprint density at radius 1 is 1.00 bits per heavy atom. The van der Waals surface area contributed by atoms with Crippen molar-refractivity contribution in [3.8, 4) is 0 Å². The van der Waals surface area contributed by atoms with Gasteiger partial charge in [-0.05, 0) is 31.7 Å². The Hall–Kier alpha value is -4.51. The van der Waals surface area contributed by atoms with E-state index in [9.17, 15) is 19.2 Å². The number of nitrogens with one attached hydrogen (secondary N) is 2. The molecule has 4 rings (SSSR count). The van der Waals surface area contributed by atoms with Crippen molar-refractivity contribution in [2.45, 2.75) is 20.0 Å². The fourth-order valence-electron chi connectivity index (χ4n) is 4.06. The van der Waals surface area contributed by atoms with E-state index in [1.165, 1.54) is 9.47 Å². The van der Waals surface area contributed by atoms with Gasteiger partial charge in [-0.15, -0.1) is 0 Å². The van der Waals surface area contributed by atoms with Gasteiger partial charge >= 0.3 is 5.69 Å². The van der Waals surface area contributed by atoms with E-state index in [0.29, 0.717) is 16.7 Å². The topological polar surface area (TPSA) is 150 Å². The molecule has 2 aromatic carbocycles. The van der Waals surface area contributed by atoms with Crippen molar-refractivity contribution in [1.29, 1.82) is 0 Å². The van der Waals surface area contributed by atoms with Crippen LogP contribution in [0, 0.1) is 0 Å². The molecule has 0 atom stereocenters. The Morgan fingerprint density at radius 2 is 1.69 bits per heavy atom. The third-order valence-corrected chi connectivity index (χ3v) is 5.77. The minimum Gasteiger partial charge on any atom is -0.383 e. The second kappa shape index (κ2) is 10.4. The molecule has 186 valence electrons. The molecular formula is C25H27N7O4. The van der Waals surface area contributed by atoms with Gasteiger partial charge in [-0.3, -0.25) is 28.8 Å². The first-order valence-corrected chi connectivity index (χ1v) is 11.4. The highest BCUT2D eigenvalue weighted by Gasteiger charge is 2.24. The normalized spacial score (nSPS) is 11.2. The molecule has 0 spiro atoms. The Balaban J connectivity index is 1.57. The van der Waals surface area contributed by atoms with Gasteiger partial charge in [0.05, 0.1) is 30.5 Å². The summed E-state index contributed by atoms with van der Waals surface area (Å²) in [5, 5.41) is 0.484. The molecule has 0 saturated carbocycles. The number of para-hydroxylation sites is 1. The fraction of sp³-hybridized carbons (Fsp3) is 0.240. The minimum atomic E-state index is -0.736. The molecule has 0 fully saturated rings. The SMILES string of the molecule is CCN(C(=O)CN(C)Cc1nc2ccccc2c(=O)[nH]1)c1c(N)n(Cc2ccccc2)c(=O)[nH]c1=O. The number of nitrogens with two attached hydrogens (primary N) is 1. The van der Waals surface area contributed by atoms with Crippen molar-refractivity contribution in [1.82, 2.24) is 24.4 Å². The van der Waals surface area contributed by atoms with Crippen LogP contribution in [0.4, 0.5) is 11.5 Å². The van der Waals surface area contributed by atoms with Gasteiger partial charge in [0.25, 0.3) is 11.1 Å². The molecule has 0 radical (unpaired) electrons. The molecule has 0 saturated heterocycles. The van der Waals surface area contributed by atoms with Crippen molar-refractivity contribution in [3.63, 3.8) is 0 Å². The quantitative estimate of drug-likeness (QED) is 0.333. The largest absolute Gasteiger partial charge is 0.383 e. The van der Waals surface area contributed by atoms with Gasteiger partial charge in [0.2, 0.25) is 5.91 Å². The number of likely N-dealkylation sites (N-methyl/N-ethyl adjacent to an activating group) is 2. The first-order chi connectivity index (χ1) is 17.3. The lowest BCUT2D eigenvalue weighted by molar-refractivity contribution is -0.119. The van der Waals surface area contributed by atoms with Crippen molar-refractivity contribution >= 4 is 28.3 Å². The molecular weight excluding hydrogens is 462 g/mol. The van der Waals surface area contributed by atoms with Gasteiger partial charge in [-0.25, -0.2) is 9.78 Å². The molecule has 4 N–H and O–H groups in total. The van der Waals surface area contributed by atoms with Gasteiger partial charge in [0.15, 0.2) is 5.69 Å². The monoisotopic (exact) mass is 489 g/mol.